The molecule has 2 aliphatic rings. The van der Waals surface area contributed by atoms with Crippen molar-refractivity contribution in [2.75, 3.05) is 7.11 Å². The van der Waals surface area contributed by atoms with Gasteiger partial charge in [-0.15, -0.1) is 11.8 Å². The summed E-state index contributed by atoms with van der Waals surface area (Å²) < 4.78 is 5.48. The van der Waals surface area contributed by atoms with Crippen LogP contribution >= 0.6 is 11.8 Å². The lowest BCUT2D eigenvalue weighted by Gasteiger charge is -2.04. The standard InChI is InChI=1S/C16H18N2OS/c1-10-7-11(2)17-12(10)8-13-15(19-3)9-14(18-13)16-5-4-6-20-16/h4,6-9,16,18H,5H2,1-3H3. The lowest BCUT2D eigenvalue weighted by Crippen LogP contribution is -1.89. The van der Waals surface area contributed by atoms with E-state index in [0.717, 1.165) is 29.3 Å². The van der Waals surface area contributed by atoms with E-state index in [1.807, 2.05) is 18.7 Å². The maximum absolute atomic E-state index is 5.48. The second-order valence-electron chi connectivity index (χ2n) is 5.05. The minimum Gasteiger partial charge on any atom is -0.495 e. The molecule has 0 saturated carbocycles. The highest BCUT2D eigenvalue weighted by molar-refractivity contribution is 8.02. The second-order valence-corrected chi connectivity index (χ2v) is 6.16. The molecule has 1 aromatic heterocycles. The molecule has 3 heterocycles. The quantitative estimate of drug-likeness (QED) is 0.889. The van der Waals surface area contributed by atoms with Gasteiger partial charge in [0.1, 0.15) is 5.75 Å². The van der Waals surface area contributed by atoms with Crippen LogP contribution in [0, 0.1) is 0 Å². The van der Waals surface area contributed by atoms with Crippen LogP contribution in [0.2, 0.25) is 0 Å². The number of hydrogen-bond acceptors (Lipinski definition) is 3. The summed E-state index contributed by atoms with van der Waals surface area (Å²) in [6.07, 6.45) is 7.44. The molecule has 0 spiro atoms. The molecule has 3 nitrogen and oxygen atoms in total. The Morgan fingerprint density at radius 3 is 2.90 bits per heavy atom. The Hall–Kier alpha value is -1.68. The minimum absolute atomic E-state index is 0.474. The molecule has 20 heavy (non-hydrogen) atoms. The Kier molecular flexibility index (Phi) is 3.57. The van der Waals surface area contributed by atoms with Gasteiger partial charge in [-0.05, 0) is 43.4 Å². The van der Waals surface area contributed by atoms with E-state index in [-0.39, 0.29) is 0 Å². The van der Waals surface area contributed by atoms with Crippen molar-refractivity contribution < 1.29 is 4.74 Å². The molecule has 0 amide bonds. The van der Waals surface area contributed by atoms with Gasteiger partial charge in [0.05, 0.1) is 23.8 Å². The zero-order valence-electron chi connectivity index (χ0n) is 11.9. The van der Waals surface area contributed by atoms with Crippen molar-refractivity contribution in [1.82, 2.24) is 4.98 Å². The van der Waals surface area contributed by atoms with E-state index < -0.39 is 0 Å². The molecule has 0 fully saturated rings. The number of ether oxygens (including phenoxy) is 1. The first kappa shape index (κ1) is 13.3. The number of aromatic amines is 1. The molecule has 0 aliphatic carbocycles. The van der Waals surface area contributed by atoms with E-state index in [4.69, 9.17) is 4.74 Å². The van der Waals surface area contributed by atoms with E-state index in [2.05, 4.69) is 46.6 Å². The molecule has 4 heteroatoms. The van der Waals surface area contributed by atoms with Crippen molar-refractivity contribution in [1.29, 1.82) is 0 Å². The average Bonchev–Trinajstić information content (AvgIpc) is 3.11. The third-order valence-corrected chi connectivity index (χ3v) is 4.62. The van der Waals surface area contributed by atoms with Crippen molar-refractivity contribution in [2.45, 2.75) is 25.5 Å². The van der Waals surface area contributed by atoms with Crippen LogP contribution in [0.3, 0.4) is 0 Å². The fourth-order valence-electron chi connectivity index (χ4n) is 2.49. The van der Waals surface area contributed by atoms with Crippen LogP contribution in [0.4, 0.5) is 0 Å². The Bertz CT molecular complexity index is 641. The number of rotatable bonds is 3. The summed E-state index contributed by atoms with van der Waals surface area (Å²) in [5.74, 6) is 0.882. The Labute approximate surface area is 123 Å². The summed E-state index contributed by atoms with van der Waals surface area (Å²) >= 11 is 1.84. The summed E-state index contributed by atoms with van der Waals surface area (Å²) in [4.78, 5) is 8.02. The predicted octanol–water partition coefficient (Wildman–Crippen LogP) is 4.48. The van der Waals surface area contributed by atoms with Crippen molar-refractivity contribution in [3.05, 3.63) is 46.3 Å². The molecule has 1 atom stereocenters. The SMILES string of the molecule is COc1cc(C2CC=CS2)[nH]c1C=C1N=C(C)C=C1C. The molecular formula is C16H18N2OS. The van der Waals surface area contributed by atoms with E-state index >= 15 is 0 Å². The van der Waals surface area contributed by atoms with Gasteiger partial charge in [0.15, 0.2) is 0 Å². The third-order valence-electron chi connectivity index (χ3n) is 3.49. The van der Waals surface area contributed by atoms with Gasteiger partial charge in [-0.2, -0.15) is 0 Å². The summed E-state index contributed by atoms with van der Waals surface area (Å²) in [5, 5.41) is 2.63. The Morgan fingerprint density at radius 1 is 1.45 bits per heavy atom. The highest BCUT2D eigenvalue weighted by atomic mass is 32.2. The lowest BCUT2D eigenvalue weighted by atomic mass is 10.2. The van der Waals surface area contributed by atoms with E-state index in [1.165, 1.54) is 11.3 Å². The van der Waals surface area contributed by atoms with Crippen LogP contribution in [-0.4, -0.2) is 17.8 Å². The van der Waals surface area contributed by atoms with E-state index in [9.17, 15) is 0 Å². The molecular weight excluding hydrogens is 268 g/mol. The number of H-pyrrole nitrogens is 1. The van der Waals surface area contributed by atoms with Crippen LogP contribution in [-0.2, 0) is 0 Å². The molecule has 0 radical (unpaired) electrons. The second kappa shape index (κ2) is 5.37. The number of allylic oxidation sites excluding steroid dienone is 3. The van der Waals surface area contributed by atoms with E-state index in [1.54, 1.807) is 7.11 Å². The minimum atomic E-state index is 0.474. The van der Waals surface area contributed by atoms with Gasteiger partial charge in [0.2, 0.25) is 0 Å². The maximum Gasteiger partial charge on any atom is 0.144 e. The fraction of sp³-hybridized carbons (Fsp3) is 0.312. The van der Waals surface area contributed by atoms with E-state index in [0.29, 0.717) is 5.25 Å². The number of thioether (sulfide) groups is 1. The first-order chi connectivity index (χ1) is 9.67. The predicted molar refractivity (Wildman–Crippen MR) is 86.3 cm³/mol. The topological polar surface area (TPSA) is 37.4 Å². The summed E-state index contributed by atoms with van der Waals surface area (Å²) in [5.41, 5.74) is 5.46. The fourth-order valence-corrected chi connectivity index (χ4v) is 3.40. The monoisotopic (exact) mass is 286 g/mol. The molecule has 104 valence electrons. The molecule has 3 rings (SSSR count). The third kappa shape index (κ3) is 2.48. The van der Waals surface area contributed by atoms with Gasteiger partial charge in [-0.1, -0.05) is 6.08 Å². The Balaban J connectivity index is 1.93. The van der Waals surface area contributed by atoms with Crippen LogP contribution < -0.4 is 4.74 Å². The summed E-state index contributed by atoms with van der Waals surface area (Å²) in [7, 11) is 1.71. The zero-order valence-corrected chi connectivity index (χ0v) is 12.8. The largest absolute Gasteiger partial charge is 0.495 e. The molecule has 2 aliphatic heterocycles. The molecule has 0 aromatic carbocycles. The number of nitrogens with zero attached hydrogens (tertiary/aromatic N) is 1. The van der Waals surface area contributed by atoms with Crippen molar-refractivity contribution in [2.24, 2.45) is 4.99 Å². The van der Waals surface area contributed by atoms with Gasteiger partial charge in [0.25, 0.3) is 0 Å². The molecule has 1 aromatic rings. The average molecular weight is 286 g/mol. The highest BCUT2D eigenvalue weighted by Gasteiger charge is 2.19. The van der Waals surface area contributed by atoms with Crippen molar-refractivity contribution in [3.8, 4) is 5.75 Å². The number of methoxy groups -OCH3 is 1. The molecule has 1 N–H and O–H groups in total. The number of aliphatic imine (C=N–C) groups is 1. The van der Waals surface area contributed by atoms with Gasteiger partial charge in [-0.25, -0.2) is 0 Å². The van der Waals surface area contributed by atoms with Crippen LogP contribution in [0.15, 0.2) is 39.9 Å². The first-order valence-corrected chi connectivity index (χ1v) is 7.64. The number of hydrogen-bond donors (Lipinski definition) is 1. The van der Waals surface area contributed by atoms with Crippen molar-refractivity contribution >= 4 is 23.5 Å². The number of nitrogens with one attached hydrogen (secondary N) is 1. The van der Waals surface area contributed by atoms with Gasteiger partial charge in [-0.3, -0.25) is 4.99 Å². The first-order valence-electron chi connectivity index (χ1n) is 6.70. The van der Waals surface area contributed by atoms with Crippen LogP contribution in [0.1, 0.15) is 36.9 Å². The lowest BCUT2D eigenvalue weighted by molar-refractivity contribution is 0.414. The highest BCUT2D eigenvalue weighted by Crippen LogP contribution is 2.40. The molecule has 0 saturated heterocycles. The van der Waals surface area contributed by atoms with Gasteiger partial charge in [0, 0.05) is 17.5 Å². The van der Waals surface area contributed by atoms with Gasteiger partial charge < -0.3 is 9.72 Å². The van der Waals surface area contributed by atoms with Gasteiger partial charge >= 0.3 is 0 Å². The Morgan fingerprint density at radius 2 is 2.30 bits per heavy atom. The zero-order chi connectivity index (χ0) is 14.1. The smallest absolute Gasteiger partial charge is 0.144 e. The molecule has 0 bridgehead atoms. The van der Waals surface area contributed by atoms with Crippen LogP contribution in [0.5, 0.6) is 5.75 Å². The molecule has 1 unspecified atom stereocenters. The summed E-state index contributed by atoms with van der Waals surface area (Å²) in [6, 6.07) is 2.10. The maximum atomic E-state index is 5.48. The van der Waals surface area contributed by atoms with Crippen molar-refractivity contribution in [3.63, 3.8) is 0 Å². The normalized spacial score (nSPS) is 23.4. The number of aromatic nitrogens is 1. The van der Waals surface area contributed by atoms with Crippen LogP contribution in [0.25, 0.3) is 6.08 Å². The summed E-state index contributed by atoms with van der Waals surface area (Å²) in [6.45, 7) is 4.10.